The second-order valence-corrected chi connectivity index (χ2v) is 7.36. The largest absolute Gasteiger partial charge is 0.330 e. The van der Waals surface area contributed by atoms with Gasteiger partial charge >= 0.3 is 0 Å². The molecule has 0 atom stereocenters. The van der Waals surface area contributed by atoms with Crippen LogP contribution in [-0.4, -0.2) is 35.3 Å². The number of rotatable bonds is 5. The number of nitrogens with zero attached hydrogens (tertiary/aromatic N) is 2. The summed E-state index contributed by atoms with van der Waals surface area (Å²) in [5.41, 5.74) is 3.59. The normalized spacial score (nSPS) is 15.6. The fraction of sp³-hybridized carbons (Fsp3) is 0.240. The van der Waals surface area contributed by atoms with Gasteiger partial charge in [0.25, 0.3) is 0 Å². The van der Waals surface area contributed by atoms with Crippen molar-refractivity contribution in [3.63, 3.8) is 0 Å². The van der Waals surface area contributed by atoms with Crippen molar-refractivity contribution < 1.29 is 4.79 Å². The van der Waals surface area contributed by atoms with E-state index in [0.29, 0.717) is 6.54 Å². The molecule has 3 aromatic rings. The minimum absolute atomic E-state index is 0.0356. The third-order valence-corrected chi connectivity index (χ3v) is 5.34. The monoisotopic (exact) mass is 370 g/mol. The lowest BCUT2D eigenvalue weighted by atomic mass is 9.97. The van der Waals surface area contributed by atoms with Gasteiger partial charge in [-0.2, -0.15) is 0 Å². The van der Waals surface area contributed by atoms with E-state index in [1.165, 1.54) is 16.7 Å². The van der Waals surface area contributed by atoms with Gasteiger partial charge in [0.15, 0.2) is 0 Å². The van der Waals surface area contributed by atoms with Crippen LogP contribution in [0.15, 0.2) is 91.0 Å². The van der Waals surface area contributed by atoms with Crippen LogP contribution in [0.2, 0.25) is 0 Å². The molecule has 3 nitrogen and oxygen atoms in total. The molecule has 28 heavy (non-hydrogen) atoms. The molecule has 1 saturated heterocycles. The molecule has 1 aliphatic heterocycles. The average Bonchev–Trinajstić information content (AvgIpc) is 2.92. The molecule has 0 N–H and O–H groups in total. The maximum absolute atomic E-state index is 13.3. The Morgan fingerprint density at radius 2 is 1.25 bits per heavy atom. The molecule has 1 aliphatic rings. The molecular weight excluding hydrogens is 344 g/mol. The van der Waals surface area contributed by atoms with E-state index in [1.54, 1.807) is 0 Å². The van der Waals surface area contributed by atoms with E-state index in [0.717, 1.165) is 26.1 Å². The second-order valence-electron chi connectivity index (χ2n) is 7.36. The first-order chi connectivity index (χ1) is 13.8. The van der Waals surface area contributed by atoms with Gasteiger partial charge in [-0.15, -0.1) is 0 Å². The van der Waals surface area contributed by atoms with Gasteiger partial charge in [0.1, 0.15) is 0 Å². The number of carbonyl (C=O) groups excluding carboxylic acids is 1. The molecule has 0 unspecified atom stereocenters. The van der Waals surface area contributed by atoms with E-state index in [1.807, 2.05) is 18.2 Å². The second kappa shape index (κ2) is 8.85. The Bertz CT molecular complexity index is 841. The molecule has 3 heteroatoms. The summed E-state index contributed by atoms with van der Waals surface area (Å²) >= 11 is 0. The van der Waals surface area contributed by atoms with Crippen LogP contribution in [0.4, 0.5) is 0 Å². The van der Waals surface area contributed by atoms with E-state index in [2.05, 4.69) is 82.6 Å². The standard InChI is InChI=1S/C25H26N2O/c28-24-20-26(19-21-11-4-1-5-12-21)17-10-18-27(24)25(22-13-6-2-7-14-22)23-15-8-3-9-16-23/h1-9,11-16,25H,10,17-20H2. The lowest BCUT2D eigenvalue weighted by Crippen LogP contribution is -2.39. The van der Waals surface area contributed by atoms with Gasteiger partial charge in [0.2, 0.25) is 5.91 Å². The molecule has 0 aromatic heterocycles. The zero-order valence-corrected chi connectivity index (χ0v) is 16.1. The molecule has 4 rings (SSSR count). The summed E-state index contributed by atoms with van der Waals surface area (Å²) in [6, 6.07) is 31.1. The smallest absolute Gasteiger partial charge is 0.237 e. The average molecular weight is 370 g/mol. The zero-order chi connectivity index (χ0) is 19.2. The minimum atomic E-state index is -0.0356. The number of carbonyl (C=O) groups is 1. The summed E-state index contributed by atoms with van der Waals surface area (Å²) < 4.78 is 0. The molecule has 0 saturated carbocycles. The Balaban J connectivity index is 1.58. The van der Waals surface area contributed by atoms with Crippen LogP contribution >= 0.6 is 0 Å². The van der Waals surface area contributed by atoms with Crippen molar-refractivity contribution in [1.29, 1.82) is 0 Å². The zero-order valence-electron chi connectivity index (χ0n) is 16.1. The topological polar surface area (TPSA) is 23.6 Å². The number of amides is 1. The predicted octanol–water partition coefficient (Wildman–Crippen LogP) is 4.51. The first-order valence-electron chi connectivity index (χ1n) is 9.97. The van der Waals surface area contributed by atoms with Crippen molar-refractivity contribution in [3.05, 3.63) is 108 Å². The van der Waals surface area contributed by atoms with E-state index in [4.69, 9.17) is 0 Å². The van der Waals surface area contributed by atoms with Gasteiger partial charge in [-0.3, -0.25) is 9.69 Å². The van der Waals surface area contributed by atoms with Crippen molar-refractivity contribution >= 4 is 5.91 Å². The number of hydrogen-bond donors (Lipinski definition) is 0. The van der Waals surface area contributed by atoms with Crippen molar-refractivity contribution in [1.82, 2.24) is 9.80 Å². The molecule has 1 amide bonds. The predicted molar refractivity (Wildman–Crippen MR) is 113 cm³/mol. The van der Waals surface area contributed by atoms with Crippen LogP contribution in [-0.2, 0) is 11.3 Å². The third kappa shape index (κ3) is 4.32. The van der Waals surface area contributed by atoms with E-state index >= 15 is 0 Å². The van der Waals surface area contributed by atoms with Gasteiger partial charge in [0, 0.05) is 19.6 Å². The summed E-state index contributed by atoms with van der Waals surface area (Å²) in [6.45, 7) is 3.00. The Labute approximate surface area is 167 Å². The number of benzene rings is 3. The molecule has 0 spiro atoms. The van der Waals surface area contributed by atoms with Crippen LogP contribution < -0.4 is 0 Å². The highest BCUT2D eigenvalue weighted by Gasteiger charge is 2.29. The molecule has 0 bridgehead atoms. The Hall–Kier alpha value is -2.91. The van der Waals surface area contributed by atoms with Crippen LogP contribution in [0, 0.1) is 0 Å². The maximum Gasteiger partial charge on any atom is 0.237 e. The molecule has 142 valence electrons. The molecule has 0 aliphatic carbocycles. The van der Waals surface area contributed by atoms with E-state index in [-0.39, 0.29) is 11.9 Å². The van der Waals surface area contributed by atoms with Crippen LogP contribution in [0.1, 0.15) is 29.2 Å². The van der Waals surface area contributed by atoms with Crippen molar-refractivity contribution in [3.8, 4) is 0 Å². The van der Waals surface area contributed by atoms with Crippen LogP contribution in [0.25, 0.3) is 0 Å². The Kier molecular flexibility index (Phi) is 5.83. The summed E-state index contributed by atoms with van der Waals surface area (Å²) in [7, 11) is 0. The molecule has 3 aromatic carbocycles. The fourth-order valence-corrected chi connectivity index (χ4v) is 4.02. The third-order valence-electron chi connectivity index (χ3n) is 5.34. The highest BCUT2D eigenvalue weighted by molar-refractivity contribution is 5.79. The van der Waals surface area contributed by atoms with Gasteiger partial charge < -0.3 is 4.90 Å². The molecule has 1 heterocycles. The Morgan fingerprint density at radius 1 is 0.714 bits per heavy atom. The summed E-state index contributed by atoms with van der Waals surface area (Å²) in [5, 5.41) is 0. The first kappa shape index (κ1) is 18.5. The van der Waals surface area contributed by atoms with E-state index < -0.39 is 0 Å². The van der Waals surface area contributed by atoms with Gasteiger partial charge in [-0.1, -0.05) is 91.0 Å². The summed E-state index contributed by atoms with van der Waals surface area (Å²) in [5.74, 6) is 0.200. The van der Waals surface area contributed by atoms with Crippen molar-refractivity contribution in [2.45, 2.75) is 19.0 Å². The molecule has 0 radical (unpaired) electrons. The lowest BCUT2D eigenvalue weighted by Gasteiger charge is -2.32. The SMILES string of the molecule is O=C1CN(Cc2ccccc2)CCCN1C(c1ccccc1)c1ccccc1. The van der Waals surface area contributed by atoms with Crippen molar-refractivity contribution in [2.24, 2.45) is 0 Å². The number of hydrogen-bond acceptors (Lipinski definition) is 2. The first-order valence-corrected chi connectivity index (χ1v) is 9.97. The fourth-order valence-electron chi connectivity index (χ4n) is 4.02. The van der Waals surface area contributed by atoms with Gasteiger partial charge in [-0.05, 0) is 23.1 Å². The summed E-state index contributed by atoms with van der Waals surface area (Å²) in [4.78, 5) is 17.6. The minimum Gasteiger partial charge on any atom is -0.330 e. The highest BCUT2D eigenvalue weighted by atomic mass is 16.2. The van der Waals surface area contributed by atoms with E-state index in [9.17, 15) is 4.79 Å². The highest BCUT2D eigenvalue weighted by Crippen LogP contribution is 2.30. The van der Waals surface area contributed by atoms with Crippen LogP contribution in [0.5, 0.6) is 0 Å². The maximum atomic E-state index is 13.3. The molecular formula is C25H26N2O. The molecule has 1 fully saturated rings. The van der Waals surface area contributed by atoms with Crippen molar-refractivity contribution in [2.75, 3.05) is 19.6 Å². The lowest BCUT2D eigenvalue weighted by molar-refractivity contribution is -0.132. The van der Waals surface area contributed by atoms with Gasteiger partial charge in [-0.25, -0.2) is 0 Å². The van der Waals surface area contributed by atoms with Crippen LogP contribution in [0.3, 0.4) is 0 Å². The summed E-state index contributed by atoms with van der Waals surface area (Å²) in [6.07, 6.45) is 0.981. The quantitative estimate of drug-likeness (QED) is 0.660. The Morgan fingerprint density at radius 3 is 1.82 bits per heavy atom. The van der Waals surface area contributed by atoms with Gasteiger partial charge in [0.05, 0.1) is 12.6 Å².